The summed E-state index contributed by atoms with van der Waals surface area (Å²) in [6, 6.07) is 9.57. The molecule has 0 saturated carbocycles. The van der Waals surface area contributed by atoms with Crippen LogP contribution in [0.4, 0.5) is 0 Å². The van der Waals surface area contributed by atoms with Gasteiger partial charge in [-0.15, -0.1) is 0 Å². The minimum Gasteiger partial charge on any atom is -0.354 e. The summed E-state index contributed by atoms with van der Waals surface area (Å²) in [6.07, 6.45) is 1.85. The van der Waals surface area contributed by atoms with Gasteiger partial charge >= 0.3 is 0 Å². The topological polar surface area (TPSA) is 49.8 Å². The molecule has 0 spiro atoms. The Labute approximate surface area is 130 Å². The lowest BCUT2D eigenvalue weighted by atomic mass is 10.1. The third kappa shape index (κ3) is 3.61. The Morgan fingerprint density at radius 3 is 2.57 bits per heavy atom. The first kappa shape index (κ1) is 15.5. The second-order valence-electron chi connectivity index (χ2n) is 5.53. The number of imidazole rings is 1. The summed E-state index contributed by atoms with van der Waals surface area (Å²) in [6.45, 7) is 6.68. The zero-order valence-corrected chi connectivity index (χ0v) is 13.4. The number of hydrogen-bond donors (Lipinski definition) is 2. The largest absolute Gasteiger partial charge is 0.354 e. The summed E-state index contributed by atoms with van der Waals surface area (Å²) in [5.41, 5.74) is 1.96. The van der Waals surface area contributed by atoms with Gasteiger partial charge in [-0.3, -0.25) is 4.79 Å². The van der Waals surface area contributed by atoms with Gasteiger partial charge in [0, 0.05) is 12.7 Å². The first-order valence-corrected chi connectivity index (χ1v) is 7.54. The Balaban J connectivity index is 2.30. The molecule has 0 aliphatic heterocycles. The van der Waals surface area contributed by atoms with E-state index in [1.54, 1.807) is 0 Å². The second-order valence-corrected chi connectivity index (χ2v) is 5.92. The maximum Gasteiger partial charge on any atom is 0.242 e. The van der Waals surface area contributed by atoms with Gasteiger partial charge in [-0.25, -0.2) is 0 Å². The number of nitrogens with zero attached hydrogens (tertiary/aromatic N) is 1. The molecule has 2 N–H and O–H groups in total. The number of hydrogen-bond acceptors (Lipinski definition) is 2. The maximum atomic E-state index is 12.3. The van der Waals surface area contributed by atoms with Crippen LogP contribution in [0, 0.1) is 10.7 Å². The predicted octanol–water partition coefficient (Wildman–Crippen LogP) is 3.55. The van der Waals surface area contributed by atoms with Gasteiger partial charge in [-0.1, -0.05) is 44.2 Å². The predicted molar refractivity (Wildman–Crippen MR) is 87.6 cm³/mol. The van der Waals surface area contributed by atoms with Crippen molar-refractivity contribution >= 4 is 18.1 Å². The van der Waals surface area contributed by atoms with Gasteiger partial charge in [0.1, 0.15) is 6.04 Å². The van der Waals surface area contributed by atoms with Gasteiger partial charge < -0.3 is 14.9 Å². The first-order chi connectivity index (χ1) is 10.0. The van der Waals surface area contributed by atoms with E-state index in [0.717, 1.165) is 11.3 Å². The molecule has 0 bridgehead atoms. The molecule has 1 atom stereocenters. The van der Waals surface area contributed by atoms with Crippen molar-refractivity contribution in [3.8, 4) is 11.3 Å². The standard InChI is InChI=1S/C16H21N3OS/c1-11(2)9-17-15(20)12(3)19-14(10-18-16(19)21)13-7-5-4-6-8-13/h4-8,10-12H,9H2,1-3H3,(H,17,20)(H,18,21). The number of amides is 1. The van der Waals surface area contributed by atoms with Crippen LogP contribution in [-0.4, -0.2) is 22.0 Å². The quantitative estimate of drug-likeness (QED) is 0.830. The average molecular weight is 303 g/mol. The van der Waals surface area contributed by atoms with Crippen molar-refractivity contribution in [1.82, 2.24) is 14.9 Å². The van der Waals surface area contributed by atoms with Gasteiger partial charge in [0.05, 0.1) is 5.69 Å². The lowest BCUT2D eigenvalue weighted by Crippen LogP contribution is -2.33. The van der Waals surface area contributed by atoms with Crippen LogP contribution in [0.15, 0.2) is 36.5 Å². The highest BCUT2D eigenvalue weighted by atomic mass is 32.1. The Bertz CT molecular complexity index is 658. The molecular formula is C16H21N3OS. The van der Waals surface area contributed by atoms with E-state index in [4.69, 9.17) is 12.2 Å². The van der Waals surface area contributed by atoms with Crippen LogP contribution in [0.1, 0.15) is 26.8 Å². The third-order valence-electron chi connectivity index (χ3n) is 3.33. The molecule has 1 heterocycles. The average Bonchev–Trinajstić information content (AvgIpc) is 2.86. The monoisotopic (exact) mass is 303 g/mol. The number of rotatable bonds is 5. The SMILES string of the molecule is CC(C)CNC(=O)C(C)n1c(-c2ccccc2)c[nH]c1=S. The van der Waals surface area contributed by atoms with Gasteiger partial charge in [0.15, 0.2) is 4.77 Å². The number of H-pyrrole nitrogens is 1. The van der Waals surface area contributed by atoms with Crippen LogP contribution < -0.4 is 5.32 Å². The van der Waals surface area contributed by atoms with Crippen LogP contribution >= 0.6 is 12.2 Å². The highest BCUT2D eigenvalue weighted by Crippen LogP contribution is 2.23. The summed E-state index contributed by atoms with van der Waals surface area (Å²) in [7, 11) is 0. The van der Waals surface area contributed by atoms with Gasteiger partial charge in [-0.2, -0.15) is 0 Å². The maximum absolute atomic E-state index is 12.3. The molecule has 0 radical (unpaired) electrons. The van der Waals surface area contributed by atoms with Gasteiger partial charge in [-0.05, 0) is 30.6 Å². The molecule has 0 aliphatic rings. The van der Waals surface area contributed by atoms with Crippen molar-refractivity contribution in [2.45, 2.75) is 26.8 Å². The molecule has 1 aromatic heterocycles. The Hall–Kier alpha value is -1.88. The van der Waals surface area contributed by atoms with E-state index >= 15 is 0 Å². The lowest BCUT2D eigenvalue weighted by molar-refractivity contribution is -0.124. The van der Waals surface area contributed by atoms with Crippen molar-refractivity contribution in [2.75, 3.05) is 6.54 Å². The molecule has 0 saturated heterocycles. The molecule has 2 rings (SSSR count). The van der Waals surface area contributed by atoms with E-state index in [9.17, 15) is 4.79 Å². The summed E-state index contributed by atoms with van der Waals surface area (Å²) in [4.78, 5) is 15.3. The first-order valence-electron chi connectivity index (χ1n) is 7.13. The van der Waals surface area contributed by atoms with E-state index in [1.807, 2.05) is 48.0 Å². The number of carbonyl (C=O) groups excluding carboxylic acids is 1. The zero-order valence-electron chi connectivity index (χ0n) is 12.6. The Kier molecular flexibility index (Phi) is 4.96. The molecular weight excluding hydrogens is 282 g/mol. The van der Waals surface area contributed by atoms with Crippen molar-refractivity contribution < 1.29 is 4.79 Å². The lowest BCUT2D eigenvalue weighted by Gasteiger charge is -2.17. The number of aromatic nitrogens is 2. The molecule has 0 fully saturated rings. The van der Waals surface area contributed by atoms with Crippen LogP contribution in [0.25, 0.3) is 11.3 Å². The number of benzene rings is 1. The number of aromatic amines is 1. The fraction of sp³-hybridized carbons (Fsp3) is 0.375. The molecule has 2 aromatic rings. The van der Waals surface area contributed by atoms with Crippen LogP contribution in [0.5, 0.6) is 0 Å². The molecule has 1 amide bonds. The zero-order chi connectivity index (χ0) is 15.4. The molecule has 1 aromatic carbocycles. The molecule has 5 heteroatoms. The number of nitrogens with one attached hydrogen (secondary N) is 2. The normalized spacial score (nSPS) is 12.4. The van der Waals surface area contributed by atoms with Crippen LogP contribution in [0.2, 0.25) is 0 Å². The van der Waals surface area contributed by atoms with E-state index in [-0.39, 0.29) is 11.9 Å². The minimum absolute atomic E-state index is 0.0171. The fourth-order valence-corrected chi connectivity index (χ4v) is 2.48. The van der Waals surface area contributed by atoms with E-state index < -0.39 is 0 Å². The summed E-state index contributed by atoms with van der Waals surface area (Å²) in [5.74, 6) is 0.408. The van der Waals surface area contributed by atoms with Crippen molar-refractivity contribution in [3.63, 3.8) is 0 Å². The fourth-order valence-electron chi connectivity index (χ4n) is 2.16. The summed E-state index contributed by atoms with van der Waals surface area (Å²) >= 11 is 5.33. The van der Waals surface area contributed by atoms with Gasteiger partial charge in [0.25, 0.3) is 0 Å². The smallest absolute Gasteiger partial charge is 0.242 e. The van der Waals surface area contributed by atoms with Crippen molar-refractivity contribution in [3.05, 3.63) is 41.3 Å². The van der Waals surface area contributed by atoms with E-state index in [1.165, 1.54) is 0 Å². The highest BCUT2D eigenvalue weighted by Gasteiger charge is 2.19. The molecule has 112 valence electrons. The van der Waals surface area contributed by atoms with E-state index in [0.29, 0.717) is 17.2 Å². The summed E-state index contributed by atoms with van der Waals surface area (Å²) in [5, 5.41) is 2.96. The Morgan fingerprint density at radius 2 is 1.95 bits per heavy atom. The molecule has 1 unspecified atom stereocenters. The third-order valence-corrected chi connectivity index (χ3v) is 3.65. The minimum atomic E-state index is -0.349. The second kappa shape index (κ2) is 6.72. The number of carbonyl (C=O) groups is 1. The molecule has 21 heavy (non-hydrogen) atoms. The van der Waals surface area contributed by atoms with Crippen molar-refractivity contribution in [1.29, 1.82) is 0 Å². The summed E-state index contributed by atoms with van der Waals surface area (Å²) < 4.78 is 2.42. The van der Waals surface area contributed by atoms with Crippen LogP contribution in [-0.2, 0) is 4.79 Å². The highest BCUT2D eigenvalue weighted by molar-refractivity contribution is 7.71. The Morgan fingerprint density at radius 1 is 1.29 bits per heavy atom. The molecule has 4 nitrogen and oxygen atoms in total. The van der Waals surface area contributed by atoms with Gasteiger partial charge in [0.2, 0.25) is 5.91 Å². The van der Waals surface area contributed by atoms with Crippen LogP contribution in [0.3, 0.4) is 0 Å². The van der Waals surface area contributed by atoms with E-state index in [2.05, 4.69) is 24.1 Å². The van der Waals surface area contributed by atoms with Crippen molar-refractivity contribution in [2.24, 2.45) is 5.92 Å². The molecule has 0 aliphatic carbocycles.